The largest absolute Gasteiger partial charge is 0.343 e. The fourth-order valence-electron chi connectivity index (χ4n) is 8.04. The van der Waals surface area contributed by atoms with E-state index in [1.807, 2.05) is 28.8 Å². The Kier molecular flexibility index (Phi) is 2.93. The zero-order valence-corrected chi connectivity index (χ0v) is 17.3. The number of carbonyl (C=O) groups is 3. The van der Waals surface area contributed by atoms with E-state index >= 15 is 0 Å². The zero-order valence-electron chi connectivity index (χ0n) is 17.3. The molecular formula is C21H31N3O3. The molecule has 6 fully saturated rings. The molecular weight excluding hydrogens is 342 g/mol. The van der Waals surface area contributed by atoms with Crippen LogP contribution in [-0.4, -0.2) is 69.7 Å². The lowest BCUT2D eigenvalue weighted by molar-refractivity contribution is -0.196. The summed E-state index contributed by atoms with van der Waals surface area (Å²) in [5.41, 5.74) is -1.99. The second-order valence-corrected chi connectivity index (χ2v) is 10.6. The fraction of sp³-hybridized carbons (Fsp3) is 0.857. The number of rotatable bonds is 0. The van der Waals surface area contributed by atoms with Gasteiger partial charge in [-0.25, -0.2) is 0 Å². The summed E-state index contributed by atoms with van der Waals surface area (Å²) in [6.07, 6.45) is 3.57. The number of piperidine rings is 2. The molecule has 0 aromatic heterocycles. The first-order valence-electron chi connectivity index (χ1n) is 10.3. The van der Waals surface area contributed by atoms with E-state index in [1.165, 1.54) is 0 Å². The van der Waals surface area contributed by atoms with Crippen molar-refractivity contribution in [2.75, 3.05) is 14.1 Å². The highest BCUT2D eigenvalue weighted by Crippen LogP contribution is 2.71. The van der Waals surface area contributed by atoms with Gasteiger partial charge in [0.25, 0.3) is 0 Å². The minimum Gasteiger partial charge on any atom is -0.343 e. The normalized spacial score (nSPS) is 50.2. The number of amides is 3. The molecule has 3 amide bonds. The van der Waals surface area contributed by atoms with Crippen molar-refractivity contribution < 1.29 is 14.4 Å². The monoisotopic (exact) mass is 373 g/mol. The van der Waals surface area contributed by atoms with E-state index in [1.54, 1.807) is 0 Å². The molecule has 5 saturated heterocycles. The van der Waals surface area contributed by atoms with Crippen LogP contribution < -0.4 is 0 Å². The van der Waals surface area contributed by atoms with Crippen LogP contribution >= 0.6 is 0 Å². The predicted octanol–water partition coefficient (Wildman–Crippen LogP) is 1.63. The molecule has 6 atom stereocenters. The Balaban J connectivity index is 1.75. The Labute approximate surface area is 161 Å². The number of piperazine rings is 1. The molecule has 5 heterocycles. The Hall–Kier alpha value is -1.59. The van der Waals surface area contributed by atoms with Gasteiger partial charge in [-0.2, -0.15) is 0 Å². The SMILES string of the molecule is CC1C[C@]2(C[C@@]34CC[C@]5(C(=O)N3C)[C@@H](C)CC(=O)N5C4C2(C)C)C(=O)N1C. The Morgan fingerprint density at radius 1 is 1.00 bits per heavy atom. The second kappa shape index (κ2) is 4.52. The van der Waals surface area contributed by atoms with Crippen molar-refractivity contribution in [3.05, 3.63) is 0 Å². The first-order chi connectivity index (χ1) is 12.5. The van der Waals surface area contributed by atoms with Gasteiger partial charge in [0, 0.05) is 32.0 Å². The van der Waals surface area contributed by atoms with Gasteiger partial charge in [-0.15, -0.1) is 0 Å². The molecule has 3 spiro atoms. The molecule has 1 aliphatic carbocycles. The number of likely N-dealkylation sites (N-methyl/N-ethyl adjacent to an activating group) is 1. The topological polar surface area (TPSA) is 60.9 Å². The van der Waals surface area contributed by atoms with Crippen LogP contribution in [0.5, 0.6) is 0 Å². The van der Waals surface area contributed by atoms with Gasteiger partial charge < -0.3 is 14.7 Å². The Bertz CT molecular complexity index is 794. The van der Waals surface area contributed by atoms with Crippen LogP contribution in [0.2, 0.25) is 0 Å². The van der Waals surface area contributed by atoms with Crippen molar-refractivity contribution in [1.29, 1.82) is 0 Å². The van der Waals surface area contributed by atoms with Crippen LogP contribution in [0.1, 0.15) is 59.8 Å². The molecule has 0 aromatic carbocycles. The smallest absolute Gasteiger partial charge is 0.249 e. The molecule has 148 valence electrons. The predicted molar refractivity (Wildman–Crippen MR) is 99.6 cm³/mol. The summed E-state index contributed by atoms with van der Waals surface area (Å²) in [7, 11) is 3.82. The van der Waals surface area contributed by atoms with E-state index in [0.717, 1.165) is 19.3 Å². The molecule has 5 aliphatic heterocycles. The standard InChI is InChI=1S/C21H31N3O3/c1-12-9-14(25)24-15-18(3,4)19(10-13(2)22(5)16(19)26)11-20(15)7-8-21(12,24)17(27)23(20)6/h12-13,15H,7-11H2,1-6H3/t12-,13?,15?,19-,20+,21+/m0/s1. The minimum absolute atomic E-state index is 0.0338. The molecule has 6 aliphatic rings. The van der Waals surface area contributed by atoms with Crippen LogP contribution in [0.25, 0.3) is 0 Å². The first-order valence-corrected chi connectivity index (χ1v) is 10.3. The Morgan fingerprint density at radius 3 is 2.26 bits per heavy atom. The number of likely N-dealkylation sites (tertiary alicyclic amines) is 1. The highest BCUT2D eigenvalue weighted by molar-refractivity contribution is 5.99. The molecule has 27 heavy (non-hydrogen) atoms. The van der Waals surface area contributed by atoms with Gasteiger partial charge in [-0.05, 0) is 38.5 Å². The summed E-state index contributed by atoms with van der Waals surface area (Å²) < 4.78 is 0. The summed E-state index contributed by atoms with van der Waals surface area (Å²) >= 11 is 0. The molecule has 6 nitrogen and oxygen atoms in total. The van der Waals surface area contributed by atoms with E-state index < -0.39 is 16.5 Å². The number of hydrogen-bond donors (Lipinski definition) is 0. The number of hydrogen-bond acceptors (Lipinski definition) is 3. The molecule has 0 aromatic rings. The summed E-state index contributed by atoms with van der Waals surface area (Å²) in [4.78, 5) is 46.0. The van der Waals surface area contributed by atoms with Gasteiger partial charge in [0.05, 0.1) is 17.0 Å². The molecule has 2 unspecified atom stereocenters. The van der Waals surface area contributed by atoms with Crippen molar-refractivity contribution in [3.63, 3.8) is 0 Å². The summed E-state index contributed by atoms with van der Waals surface area (Å²) in [5, 5.41) is 0. The lowest BCUT2D eigenvalue weighted by atomic mass is 9.61. The van der Waals surface area contributed by atoms with Gasteiger partial charge in [0.1, 0.15) is 5.54 Å². The number of nitrogens with zero attached hydrogens (tertiary/aromatic N) is 3. The van der Waals surface area contributed by atoms with Gasteiger partial charge in [-0.3, -0.25) is 14.4 Å². The average molecular weight is 373 g/mol. The third-order valence-corrected chi connectivity index (χ3v) is 9.60. The zero-order chi connectivity index (χ0) is 19.7. The molecule has 0 N–H and O–H groups in total. The van der Waals surface area contributed by atoms with Gasteiger partial charge in [0.15, 0.2) is 0 Å². The lowest BCUT2D eigenvalue weighted by Crippen LogP contribution is -2.81. The average Bonchev–Trinajstić information content (AvgIpc) is 3.07. The maximum Gasteiger partial charge on any atom is 0.249 e. The van der Waals surface area contributed by atoms with Crippen LogP contribution in [0.3, 0.4) is 0 Å². The first kappa shape index (κ1) is 17.5. The lowest BCUT2D eigenvalue weighted by Gasteiger charge is -2.65. The van der Waals surface area contributed by atoms with E-state index in [0.29, 0.717) is 12.8 Å². The second-order valence-electron chi connectivity index (χ2n) is 10.6. The third kappa shape index (κ3) is 1.47. The van der Waals surface area contributed by atoms with Crippen molar-refractivity contribution in [2.24, 2.45) is 16.7 Å². The molecule has 6 heteroatoms. The van der Waals surface area contributed by atoms with E-state index in [-0.39, 0.29) is 41.1 Å². The summed E-state index contributed by atoms with van der Waals surface area (Å²) in [6.45, 7) is 8.52. The van der Waals surface area contributed by atoms with Crippen LogP contribution in [0.4, 0.5) is 0 Å². The molecule has 6 rings (SSSR count). The summed E-state index contributed by atoms with van der Waals surface area (Å²) in [5.74, 6) is 0.436. The number of fused-ring (bicyclic) bond motifs is 2. The van der Waals surface area contributed by atoms with Gasteiger partial charge >= 0.3 is 0 Å². The molecule has 0 radical (unpaired) electrons. The summed E-state index contributed by atoms with van der Waals surface area (Å²) in [6, 6.07) is 0.107. The number of carbonyl (C=O) groups excluding carboxylic acids is 3. The van der Waals surface area contributed by atoms with Crippen LogP contribution in [0.15, 0.2) is 0 Å². The van der Waals surface area contributed by atoms with Gasteiger partial charge in [0.2, 0.25) is 17.7 Å². The van der Waals surface area contributed by atoms with Crippen molar-refractivity contribution in [3.8, 4) is 0 Å². The highest BCUT2D eigenvalue weighted by Gasteiger charge is 2.82. The van der Waals surface area contributed by atoms with Crippen molar-refractivity contribution in [2.45, 2.75) is 83.0 Å². The van der Waals surface area contributed by atoms with Crippen LogP contribution in [-0.2, 0) is 14.4 Å². The molecule has 2 bridgehead atoms. The van der Waals surface area contributed by atoms with E-state index in [2.05, 4.69) is 27.7 Å². The Morgan fingerprint density at radius 2 is 1.67 bits per heavy atom. The quantitative estimate of drug-likeness (QED) is 0.648. The third-order valence-electron chi connectivity index (χ3n) is 9.60. The van der Waals surface area contributed by atoms with Gasteiger partial charge in [-0.1, -0.05) is 20.8 Å². The maximum atomic E-state index is 13.5. The highest BCUT2D eigenvalue weighted by atomic mass is 16.2. The van der Waals surface area contributed by atoms with E-state index in [9.17, 15) is 14.4 Å². The van der Waals surface area contributed by atoms with Crippen LogP contribution in [0, 0.1) is 16.7 Å². The van der Waals surface area contributed by atoms with Crippen molar-refractivity contribution >= 4 is 17.7 Å². The molecule has 1 saturated carbocycles. The van der Waals surface area contributed by atoms with Crippen molar-refractivity contribution in [1.82, 2.24) is 14.7 Å². The minimum atomic E-state index is -0.694. The van der Waals surface area contributed by atoms with E-state index in [4.69, 9.17) is 0 Å². The maximum absolute atomic E-state index is 13.5. The fourth-order valence-corrected chi connectivity index (χ4v) is 8.04.